The van der Waals surface area contributed by atoms with Crippen LogP contribution < -0.4 is 0 Å². The molecular weight excluding hydrogens is 414 g/mol. The minimum atomic E-state index is -1.45. The van der Waals surface area contributed by atoms with E-state index in [0.29, 0.717) is 38.0 Å². The first kappa shape index (κ1) is 22.3. The number of ketones is 1. The van der Waals surface area contributed by atoms with Gasteiger partial charge in [-0.2, -0.15) is 0 Å². The van der Waals surface area contributed by atoms with Gasteiger partial charge in [0.15, 0.2) is 0 Å². The number of benzene rings is 3. The molecule has 0 radical (unpaired) electrons. The Morgan fingerprint density at radius 2 is 1.48 bits per heavy atom. The van der Waals surface area contributed by atoms with Crippen LogP contribution in [0.3, 0.4) is 0 Å². The van der Waals surface area contributed by atoms with Crippen LogP contribution in [0.5, 0.6) is 0 Å². The largest absolute Gasteiger partial charge is 0.475 e. The third-order valence-electron chi connectivity index (χ3n) is 6.19. The first-order valence-electron chi connectivity index (χ1n) is 11.0. The van der Waals surface area contributed by atoms with Gasteiger partial charge in [-0.25, -0.2) is 9.59 Å². The molecule has 4 rings (SSSR count). The Bertz CT molecular complexity index is 1160. The molecule has 1 aliphatic carbocycles. The van der Waals surface area contributed by atoms with Crippen molar-refractivity contribution in [3.8, 4) is 0 Å². The highest BCUT2D eigenvalue weighted by Gasteiger charge is 2.30. The summed E-state index contributed by atoms with van der Waals surface area (Å²) in [7, 11) is 0. The lowest BCUT2D eigenvalue weighted by atomic mass is 9.79. The van der Waals surface area contributed by atoms with E-state index in [1.54, 1.807) is 12.1 Å². The molecule has 0 saturated carbocycles. The number of Topliss-reactive ketones (excluding diaryl/α,β-unsaturated/α-hetero) is 1. The van der Waals surface area contributed by atoms with Gasteiger partial charge in [0.2, 0.25) is 0 Å². The monoisotopic (exact) mass is 439 g/mol. The lowest BCUT2D eigenvalue weighted by Crippen LogP contribution is -2.31. The van der Waals surface area contributed by atoms with E-state index in [4.69, 9.17) is 5.11 Å². The van der Waals surface area contributed by atoms with Gasteiger partial charge in [0.25, 0.3) is 5.78 Å². The maximum atomic E-state index is 12.3. The molecule has 1 N–H and O–H groups in total. The quantitative estimate of drug-likeness (QED) is 0.318. The van der Waals surface area contributed by atoms with Crippen LogP contribution in [-0.2, 0) is 35.5 Å². The van der Waals surface area contributed by atoms with Gasteiger partial charge < -0.3 is 10.0 Å². The summed E-state index contributed by atoms with van der Waals surface area (Å²) >= 11 is 0. The molecule has 5 nitrogen and oxygen atoms in total. The van der Waals surface area contributed by atoms with Crippen molar-refractivity contribution in [2.45, 2.75) is 32.4 Å². The van der Waals surface area contributed by atoms with Gasteiger partial charge in [0.05, 0.1) is 0 Å². The van der Waals surface area contributed by atoms with E-state index in [9.17, 15) is 14.4 Å². The van der Waals surface area contributed by atoms with E-state index < -0.39 is 11.8 Å². The average Bonchev–Trinajstić information content (AvgIpc) is 2.84. The highest BCUT2D eigenvalue weighted by Crippen LogP contribution is 2.34. The zero-order chi connectivity index (χ0) is 23.2. The van der Waals surface area contributed by atoms with Crippen LogP contribution >= 0.6 is 0 Å². The van der Waals surface area contributed by atoms with E-state index in [1.165, 1.54) is 0 Å². The average molecular weight is 440 g/mol. The maximum absolute atomic E-state index is 12.3. The summed E-state index contributed by atoms with van der Waals surface area (Å²) in [5, 5.41) is 9.16. The lowest BCUT2D eigenvalue weighted by molar-refractivity contribution is -0.131. The smallest absolute Gasteiger partial charge is 0.377 e. The highest BCUT2D eigenvalue weighted by molar-refractivity contribution is 6.40. The highest BCUT2D eigenvalue weighted by atomic mass is 16.4. The van der Waals surface area contributed by atoms with E-state index in [0.717, 1.165) is 22.3 Å². The summed E-state index contributed by atoms with van der Waals surface area (Å²) in [6.45, 7) is 1.17. The number of hydrogen-bond acceptors (Lipinski definition) is 4. The second-order valence-corrected chi connectivity index (χ2v) is 8.33. The molecule has 0 aliphatic heterocycles. The van der Waals surface area contributed by atoms with Gasteiger partial charge >= 0.3 is 5.97 Å². The molecular formula is C28H25NO4. The van der Waals surface area contributed by atoms with Crippen molar-refractivity contribution < 1.29 is 19.5 Å². The molecule has 0 aromatic heterocycles. The Labute approximate surface area is 193 Å². The minimum Gasteiger partial charge on any atom is -0.475 e. The van der Waals surface area contributed by atoms with Crippen molar-refractivity contribution in [2.75, 3.05) is 0 Å². The number of carbonyl (C=O) groups is 2. The van der Waals surface area contributed by atoms with E-state index >= 15 is 0 Å². The predicted molar refractivity (Wildman–Crippen MR) is 125 cm³/mol. The van der Waals surface area contributed by atoms with E-state index in [-0.39, 0.29) is 11.5 Å². The van der Waals surface area contributed by atoms with Crippen molar-refractivity contribution >= 4 is 17.7 Å². The van der Waals surface area contributed by atoms with Gasteiger partial charge in [0.1, 0.15) is 11.6 Å². The fraction of sp³-hybridized carbons (Fsp3) is 0.214. The molecule has 0 saturated heterocycles. The molecule has 0 spiro atoms. The van der Waals surface area contributed by atoms with E-state index in [1.807, 2.05) is 66.7 Å². The minimum absolute atomic E-state index is 0.0578. The number of hydrogen-bond donors (Lipinski definition) is 1. The number of allylic oxidation sites excluding steroid dienone is 1. The first-order chi connectivity index (χ1) is 16.1. The molecule has 0 amide bonds. The Morgan fingerprint density at radius 1 is 0.879 bits per heavy atom. The predicted octanol–water partition coefficient (Wildman–Crippen LogP) is 4.48. The third kappa shape index (κ3) is 5.11. The van der Waals surface area contributed by atoms with Crippen molar-refractivity contribution in [1.82, 2.24) is 4.90 Å². The topological polar surface area (TPSA) is 74.7 Å². The maximum Gasteiger partial charge on any atom is 0.377 e. The number of aliphatic carboxylic acids is 1. The molecule has 1 atom stereocenters. The molecule has 5 heteroatoms. The van der Waals surface area contributed by atoms with E-state index in [2.05, 4.69) is 10.8 Å². The van der Waals surface area contributed by atoms with Crippen LogP contribution in [0.15, 0.2) is 84.6 Å². The summed E-state index contributed by atoms with van der Waals surface area (Å²) in [5.41, 5.74) is 4.77. The van der Waals surface area contributed by atoms with Gasteiger partial charge in [0, 0.05) is 24.6 Å². The molecule has 166 valence electrons. The van der Waals surface area contributed by atoms with Crippen molar-refractivity contribution in [3.63, 3.8) is 0 Å². The van der Waals surface area contributed by atoms with Crippen molar-refractivity contribution in [2.24, 2.45) is 5.92 Å². The molecule has 3 aromatic rings. The number of carboxylic acid groups (broad SMARTS) is 1. The zero-order valence-corrected chi connectivity index (χ0v) is 18.2. The summed E-state index contributed by atoms with van der Waals surface area (Å²) in [4.78, 5) is 37.7. The number of rotatable bonds is 8. The molecule has 1 unspecified atom stereocenters. The van der Waals surface area contributed by atoms with Crippen LogP contribution in [0.25, 0.3) is 0 Å². The summed E-state index contributed by atoms with van der Waals surface area (Å²) in [6, 6.07) is 25.2. The molecule has 0 heterocycles. The van der Waals surface area contributed by atoms with Crippen LogP contribution in [0.2, 0.25) is 0 Å². The van der Waals surface area contributed by atoms with Crippen LogP contribution in [0.4, 0.5) is 0 Å². The van der Waals surface area contributed by atoms with Gasteiger partial charge in [-0.3, -0.25) is 4.79 Å². The lowest BCUT2D eigenvalue weighted by Gasteiger charge is -2.33. The first-order valence-corrected chi connectivity index (χ1v) is 11.0. The fourth-order valence-electron chi connectivity index (χ4n) is 4.61. The van der Waals surface area contributed by atoms with Crippen LogP contribution in [-0.4, -0.2) is 27.7 Å². The standard InChI is InChI=1S/C28H25NO4/c30-19-26(23-14-15-24-22(16-23)12-7-13-25(24)27(31)28(32)33)29(17-20-8-3-1-4-9-20)18-21-10-5-2-6-11-21/h1-13,23H,14-18H2,(H,32,33). The Hall–Kier alpha value is -3.95. The molecule has 1 aliphatic rings. The third-order valence-corrected chi connectivity index (χ3v) is 6.19. The number of fused-ring (bicyclic) bond motifs is 1. The Balaban J connectivity index is 1.62. The van der Waals surface area contributed by atoms with Gasteiger partial charge in [-0.15, -0.1) is 0 Å². The number of carboxylic acids is 1. The molecule has 33 heavy (non-hydrogen) atoms. The van der Waals surface area contributed by atoms with Crippen molar-refractivity contribution in [1.29, 1.82) is 0 Å². The van der Waals surface area contributed by atoms with Gasteiger partial charge in [-0.05, 0) is 41.5 Å². The van der Waals surface area contributed by atoms with Gasteiger partial charge in [-0.1, -0.05) is 78.9 Å². The fourth-order valence-corrected chi connectivity index (χ4v) is 4.61. The zero-order valence-electron chi connectivity index (χ0n) is 18.2. The Morgan fingerprint density at radius 3 is 2.03 bits per heavy atom. The van der Waals surface area contributed by atoms with Crippen LogP contribution in [0, 0.1) is 5.92 Å². The molecule has 0 fully saturated rings. The Kier molecular flexibility index (Phi) is 6.82. The second kappa shape index (κ2) is 10.1. The number of nitrogens with zero attached hydrogens (tertiary/aromatic N) is 1. The molecule has 3 aromatic carbocycles. The van der Waals surface area contributed by atoms with Crippen molar-refractivity contribution in [3.05, 3.63) is 112 Å². The second-order valence-electron chi connectivity index (χ2n) is 8.33. The van der Waals surface area contributed by atoms with Crippen LogP contribution in [0.1, 0.15) is 39.0 Å². The summed E-state index contributed by atoms with van der Waals surface area (Å²) in [5.74, 6) is -0.159. The molecule has 0 bridgehead atoms. The summed E-state index contributed by atoms with van der Waals surface area (Å²) in [6.07, 6.45) is 1.77. The summed E-state index contributed by atoms with van der Waals surface area (Å²) < 4.78 is 0. The normalized spacial score (nSPS) is 14.6. The number of carbonyl (C=O) groups excluding carboxylic acids is 2. The SMILES string of the molecule is O=C=C(C1CCc2c(cccc2C(=O)C(=O)O)C1)N(Cc1ccccc1)Cc1ccccc1.